The quantitative estimate of drug-likeness (QED) is 0.247. The fraction of sp³-hybridized carbons (Fsp3) is 0.346. The lowest BCUT2D eigenvalue weighted by Crippen LogP contribution is -2.33. The first kappa shape index (κ1) is 25.6. The van der Waals surface area contributed by atoms with E-state index in [1.807, 2.05) is 20.8 Å². The minimum absolute atomic E-state index is 0.0711. The molecule has 0 radical (unpaired) electrons. The maximum absolute atomic E-state index is 13.7. The van der Waals surface area contributed by atoms with Gasteiger partial charge in [-0.25, -0.2) is 18.3 Å². The fourth-order valence-corrected chi connectivity index (χ4v) is 4.24. The molecule has 0 aliphatic carbocycles. The van der Waals surface area contributed by atoms with Gasteiger partial charge in [-0.2, -0.15) is 5.10 Å². The molecule has 0 saturated carbocycles. The number of aromatic nitrogens is 4. The second kappa shape index (κ2) is 9.16. The molecule has 0 aliphatic rings. The molecule has 10 heteroatoms. The van der Waals surface area contributed by atoms with Crippen molar-refractivity contribution < 1.29 is 13.9 Å². The molecular weight excluding hydrogens is 484 g/mol. The van der Waals surface area contributed by atoms with Crippen LogP contribution in [0.2, 0.25) is 0 Å². The van der Waals surface area contributed by atoms with Crippen LogP contribution < -0.4 is 11.0 Å². The van der Waals surface area contributed by atoms with Gasteiger partial charge in [-0.05, 0) is 35.2 Å². The number of phenolic OH excluding ortho intramolecular Hbond substituents is 1. The molecule has 36 heavy (non-hydrogen) atoms. The molecule has 190 valence electrons. The Morgan fingerprint density at radius 3 is 2.19 bits per heavy atom. The van der Waals surface area contributed by atoms with Crippen molar-refractivity contribution in [2.45, 2.75) is 46.7 Å². The molecule has 0 spiro atoms. The van der Waals surface area contributed by atoms with Crippen molar-refractivity contribution in [2.75, 3.05) is 5.32 Å². The highest BCUT2D eigenvalue weighted by Gasteiger charge is 2.25. The smallest absolute Gasteiger partial charge is 0.330 e. The number of hydrogen-bond donors (Lipinski definition) is 2. The number of rotatable bonds is 6. The van der Waals surface area contributed by atoms with Crippen molar-refractivity contribution in [3.8, 4) is 5.75 Å². The number of nitrogens with zero attached hydrogens (tertiary/aromatic N) is 4. The lowest BCUT2D eigenvalue weighted by molar-refractivity contribution is 0.0174. The van der Waals surface area contributed by atoms with Gasteiger partial charge < -0.3 is 10.4 Å². The molecule has 0 saturated heterocycles. The van der Waals surface area contributed by atoms with Crippen LogP contribution in [0.4, 0.5) is 20.3 Å². The SMILES string of the molecule is Cn1c(=S)c2c(Nc3ccc(O)cc3)n(Cc3ccc(C(C)(F)F)cc3)nc2n(CC(C)(C)C)c1=O. The summed E-state index contributed by atoms with van der Waals surface area (Å²) in [6, 6.07) is 12.6. The zero-order chi connectivity index (χ0) is 26.4. The predicted octanol–water partition coefficient (Wildman–Crippen LogP) is 5.92. The summed E-state index contributed by atoms with van der Waals surface area (Å²) in [6.07, 6.45) is 0. The second-order valence-corrected chi connectivity index (χ2v) is 10.6. The van der Waals surface area contributed by atoms with Gasteiger partial charge in [-0.1, -0.05) is 57.3 Å². The van der Waals surface area contributed by atoms with Crippen molar-refractivity contribution >= 4 is 34.8 Å². The Morgan fingerprint density at radius 1 is 1.03 bits per heavy atom. The molecule has 0 aliphatic heterocycles. The summed E-state index contributed by atoms with van der Waals surface area (Å²) >= 11 is 5.68. The predicted molar refractivity (Wildman–Crippen MR) is 140 cm³/mol. The van der Waals surface area contributed by atoms with E-state index in [-0.39, 0.29) is 29.0 Å². The van der Waals surface area contributed by atoms with Gasteiger partial charge in [0, 0.05) is 31.8 Å². The monoisotopic (exact) mass is 513 g/mol. The summed E-state index contributed by atoms with van der Waals surface area (Å²) in [6.45, 7) is 7.63. The van der Waals surface area contributed by atoms with E-state index in [0.717, 1.165) is 12.5 Å². The van der Waals surface area contributed by atoms with E-state index in [4.69, 9.17) is 17.3 Å². The lowest BCUT2D eigenvalue weighted by Gasteiger charge is -2.20. The largest absolute Gasteiger partial charge is 0.508 e. The molecular formula is C26H29F2N5O2S. The average Bonchev–Trinajstić information content (AvgIpc) is 3.13. The summed E-state index contributed by atoms with van der Waals surface area (Å²) < 4.78 is 32.4. The van der Waals surface area contributed by atoms with Crippen LogP contribution in [-0.4, -0.2) is 24.0 Å². The number of phenols is 1. The van der Waals surface area contributed by atoms with Crippen molar-refractivity contribution in [1.82, 2.24) is 18.9 Å². The topological polar surface area (TPSA) is 77.0 Å². The van der Waals surface area contributed by atoms with Crippen LogP contribution in [0.15, 0.2) is 53.3 Å². The fourth-order valence-electron chi connectivity index (χ4n) is 3.98. The van der Waals surface area contributed by atoms with Crippen molar-refractivity contribution in [3.05, 3.63) is 74.8 Å². The maximum atomic E-state index is 13.7. The highest BCUT2D eigenvalue weighted by Crippen LogP contribution is 2.31. The molecule has 2 aromatic heterocycles. The Morgan fingerprint density at radius 2 is 1.64 bits per heavy atom. The minimum Gasteiger partial charge on any atom is -0.508 e. The summed E-state index contributed by atoms with van der Waals surface area (Å²) in [5, 5.41) is 18.4. The van der Waals surface area contributed by atoms with Gasteiger partial charge in [0.2, 0.25) is 0 Å². The van der Waals surface area contributed by atoms with Crippen LogP contribution in [0.5, 0.6) is 5.75 Å². The van der Waals surface area contributed by atoms with E-state index in [1.165, 1.54) is 16.7 Å². The molecule has 0 fully saturated rings. The van der Waals surface area contributed by atoms with Gasteiger partial charge in [0.25, 0.3) is 5.92 Å². The first-order chi connectivity index (χ1) is 16.7. The number of alkyl halides is 2. The summed E-state index contributed by atoms with van der Waals surface area (Å²) in [7, 11) is 1.63. The molecule has 0 unspecified atom stereocenters. The number of nitrogens with one attached hydrogen (secondary N) is 1. The van der Waals surface area contributed by atoms with Gasteiger partial charge in [-0.3, -0.25) is 9.13 Å². The minimum atomic E-state index is -2.93. The van der Waals surface area contributed by atoms with E-state index < -0.39 is 5.92 Å². The number of hydrogen-bond acceptors (Lipinski definition) is 5. The number of benzene rings is 2. The van der Waals surface area contributed by atoms with Crippen LogP contribution in [-0.2, 0) is 26.1 Å². The van der Waals surface area contributed by atoms with Crippen LogP contribution in [0.1, 0.15) is 38.8 Å². The first-order valence-corrected chi connectivity index (χ1v) is 11.9. The molecule has 0 amide bonds. The zero-order valence-corrected chi connectivity index (χ0v) is 21.7. The molecule has 4 aromatic rings. The average molecular weight is 514 g/mol. The molecule has 7 nitrogen and oxygen atoms in total. The Kier molecular flexibility index (Phi) is 6.51. The molecule has 0 atom stereocenters. The summed E-state index contributed by atoms with van der Waals surface area (Å²) in [4.78, 5) is 13.2. The van der Waals surface area contributed by atoms with E-state index in [1.54, 1.807) is 52.7 Å². The zero-order valence-electron chi connectivity index (χ0n) is 20.8. The van der Waals surface area contributed by atoms with E-state index >= 15 is 0 Å². The highest BCUT2D eigenvalue weighted by atomic mass is 32.1. The summed E-state index contributed by atoms with van der Waals surface area (Å²) in [5.74, 6) is -2.25. The number of anilines is 2. The van der Waals surface area contributed by atoms with E-state index in [0.29, 0.717) is 33.7 Å². The van der Waals surface area contributed by atoms with E-state index in [9.17, 15) is 18.7 Å². The number of aromatic hydroxyl groups is 1. The third-order valence-corrected chi connectivity index (χ3v) is 6.26. The third-order valence-electron chi connectivity index (χ3n) is 5.78. The van der Waals surface area contributed by atoms with Gasteiger partial charge in [0.05, 0.1) is 11.9 Å². The standard InChI is InChI=1S/C26H29F2N5O2S/c1-25(2,3)15-32-22-20(23(36)31(5)24(32)35)21(29-18-10-12-19(34)13-11-18)33(30-22)14-16-6-8-17(9-7-16)26(4,27)28/h6-13,29,34H,14-15H2,1-5H3. The van der Waals surface area contributed by atoms with Crippen molar-refractivity contribution in [2.24, 2.45) is 12.5 Å². The van der Waals surface area contributed by atoms with Crippen LogP contribution in [0.25, 0.3) is 11.0 Å². The van der Waals surface area contributed by atoms with Crippen LogP contribution in [0, 0.1) is 10.1 Å². The van der Waals surface area contributed by atoms with Crippen LogP contribution in [0.3, 0.4) is 0 Å². The van der Waals surface area contributed by atoms with E-state index in [2.05, 4.69) is 5.32 Å². The third kappa shape index (κ3) is 5.18. The summed E-state index contributed by atoms with van der Waals surface area (Å²) in [5.41, 5.74) is 1.33. The Balaban J connectivity index is 1.92. The number of halogens is 2. The van der Waals surface area contributed by atoms with Gasteiger partial charge >= 0.3 is 5.69 Å². The second-order valence-electron chi connectivity index (χ2n) is 10.3. The Hall–Kier alpha value is -3.53. The lowest BCUT2D eigenvalue weighted by atomic mass is 9.97. The molecule has 2 heterocycles. The molecule has 2 aromatic carbocycles. The first-order valence-electron chi connectivity index (χ1n) is 11.5. The van der Waals surface area contributed by atoms with Gasteiger partial charge in [0.1, 0.15) is 16.2 Å². The molecule has 0 bridgehead atoms. The van der Waals surface area contributed by atoms with Crippen LogP contribution >= 0.6 is 12.2 Å². The van der Waals surface area contributed by atoms with Crippen molar-refractivity contribution in [3.63, 3.8) is 0 Å². The van der Waals surface area contributed by atoms with Gasteiger partial charge in [-0.15, -0.1) is 0 Å². The van der Waals surface area contributed by atoms with Gasteiger partial charge in [0.15, 0.2) is 5.65 Å². The Labute approximate surface area is 212 Å². The maximum Gasteiger partial charge on any atom is 0.330 e. The molecule has 4 rings (SSSR count). The molecule has 2 N–H and O–H groups in total. The number of fused-ring (bicyclic) bond motifs is 1. The normalized spacial score (nSPS) is 12.3. The van der Waals surface area contributed by atoms with Crippen molar-refractivity contribution in [1.29, 1.82) is 0 Å². The highest BCUT2D eigenvalue weighted by molar-refractivity contribution is 7.71. The Bertz CT molecular complexity index is 1520.